The Morgan fingerprint density at radius 1 is 1.18 bits per heavy atom. The first-order valence-electron chi connectivity index (χ1n) is 8.04. The summed E-state index contributed by atoms with van der Waals surface area (Å²) in [6.45, 7) is 7.03. The molecule has 0 N–H and O–H groups in total. The Morgan fingerprint density at radius 3 is 2.32 bits per heavy atom. The number of rotatable bonds is 1. The van der Waals surface area contributed by atoms with Crippen LogP contribution in [0.2, 0.25) is 0 Å². The van der Waals surface area contributed by atoms with Crippen molar-refractivity contribution in [3.8, 4) is 0 Å². The van der Waals surface area contributed by atoms with E-state index in [1.807, 2.05) is 23.9 Å². The quantitative estimate of drug-likeness (QED) is 0.643. The average molecular weight is 382 g/mol. The summed E-state index contributed by atoms with van der Waals surface area (Å²) in [5.41, 5.74) is 1.42. The van der Waals surface area contributed by atoms with Crippen molar-refractivity contribution >= 4 is 39.3 Å². The number of carbonyl (C=O) groups excluding carboxylic acids is 1. The van der Waals surface area contributed by atoms with Gasteiger partial charge in [0, 0.05) is 10.2 Å². The molecule has 120 valence electrons. The Bertz CT molecular complexity index is 555. The molecule has 2 aliphatic rings. The largest absolute Gasteiger partial charge is 0.297 e. The first-order chi connectivity index (χ1) is 10.3. The first-order valence-corrected chi connectivity index (χ1v) is 9.82. The van der Waals surface area contributed by atoms with Gasteiger partial charge in [0.15, 0.2) is 0 Å². The minimum atomic E-state index is -0.00728. The van der Waals surface area contributed by atoms with Gasteiger partial charge in [-0.2, -0.15) is 0 Å². The first kappa shape index (κ1) is 16.4. The Hall–Kier alpha value is -0.480. The fourth-order valence-electron chi connectivity index (χ4n) is 3.82. The number of halogens is 1. The molecule has 4 heteroatoms. The van der Waals surface area contributed by atoms with Crippen LogP contribution < -0.4 is 4.90 Å². The maximum Gasteiger partial charge on any atom is 0.238 e. The molecule has 0 aromatic heterocycles. The highest BCUT2D eigenvalue weighted by molar-refractivity contribution is 9.10. The van der Waals surface area contributed by atoms with Gasteiger partial charge in [-0.3, -0.25) is 9.69 Å². The molecule has 3 rings (SSSR count). The predicted molar refractivity (Wildman–Crippen MR) is 98.2 cm³/mol. The highest BCUT2D eigenvalue weighted by Crippen LogP contribution is 2.52. The number of benzene rings is 1. The Labute approximate surface area is 146 Å². The third-order valence-electron chi connectivity index (χ3n) is 5.20. The second-order valence-corrected chi connectivity index (χ2v) is 9.83. The lowest BCUT2D eigenvalue weighted by atomic mass is 9.71. The molecule has 0 bridgehead atoms. The van der Waals surface area contributed by atoms with E-state index in [0.717, 1.165) is 28.9 Å². The van der Waals surface area contributed by atoms with E-state index in [1.54, 1.807) is 0 Å². The Balaban J connectivity index is 1.84. The van der Waals surface area contributed by atoms with Gasteiger partial charge in [0.25, 0.3) is 0 Å². The van der Waals surface area contributed by atoms with Crippen molar-refractivity contribution in [3.05, 3.63) is 28.7 Å². The molecular weight excluding hydrogens is 358 g/mol. The van der Waals surface area contributed by atoms with Crippen LogP contribution in [0.1, 0.15) is 46.5 Å². The number of amides is 1. The highest BCUT2D eigenvalue weighted by atomic mass is 79.9. The molecule has 1 heterocycles. The van der Waals surface area contributed by atoms with Crippen LogP contribution in [0, 0.1) is 11.3 Å². The molecular formula is C18H24BrNOS. The molecule has 1 amide bonds. The van der Waals surface area contributed by atoms with Crippen LogP contribution in [0.3, 0.4) is 0 Å². The molecule has 1 aliphatic heterocycles. The van der Waals surface area contributed by atoms with E-state index >= 15 is 0 Å². The Morgan fingerprint density at radius 2 is 1.77 bits per heavy atom. The number of carbonyl (C=O) groups is 1. The predicted octanol–water partition coefficient (Wildman–Crippen LogP) is 5.46. The van der Waals surface area contributed by atoms with Gasteiger partial charge in [0.05, 0.1) is 10.6 Å². The molecule has 0 atom stereocenters. The van der Waals surface area contributed by atoms with E-state index in [0.29, 0.717) is 11.2 Å². The maximum absolute atomic E-state index is 12.5. The molecule has 1 spiro atoms. The van der Waals surface area contributed by atoms with E-state index < -0.39 is 0 Å². The molecule has 1 aliphatic carbocycles. The highest BCUT2D eigenvalue weighted by Gasteiger charge is 2.49. The zero-order chi connectivity index (χ0) is 16.0. The number of thioether (sulfide) groups is 1. The molecule has 1 aromatic rings. The minimum Gasteiger partial charge on any atom is -0.297 e. The van der Waals surface area contributed by atoms with Gasteiger partial charge in [-0.15, -0.1) is 11.8 Å². The lowest BCUT2D eigenvalue weighted by molar-refractivity contribution is -0.116. The summed E-state index contributed by atoms with van der Waals surface area (Å²) < 4.78 is 1.06. The van der Waals surface area contributed by atoms with Gasteiger partial charge in [0.2, 0.25) is 5.91 Å². The molecule has 1 saturated carbocycles. The van der Waals surface area contributed by atoms with Crippen LogP contribution in [0.25, 0.3) is 0 Å². The summed E-state index contributed by atoms with van der Waals surface area (Å²) in [5, 5.41) is 0. The molecule has 2 nitrogen and oxygen atoms in total. The van der Waals surface area contributed by atoms with Crippen molar-refractivity contribution in [2.45, 2.75) is 51.3 Å². The summed E-state index contributed by atoms with van der Waals surface area (Å²) in [5.74, 6) is 1.65. The monoisotopic (exact) mass is 381 g/mol. The van der Waals surface area contributed by atoms with Crippen molar-refractivity contribution in [2.75, 3.05) is 10.7 Å². The number of hydrogen-bond acceptors (Lipinski definition) is 2. The van der Waals surface area contributed by atoms with Gasteiger partial charge >= 0.3 is 0 Å². The third-order valence-corrected chi connectivity index (χ3v) is 7.25. The third kappa shape index (κ3) is 2.96. The standard InChI is InChI=1S/C18H24BrNOS/c1-17(2,3)13-8-10-18(11-9-13)20(16(21)12-22-18)15-6-4-14(19)5-7-15/h4-7,13H,8-12H2,1-3H3. The number of hydrogen-bond donors (Lipinski definition) is 0. The summed E-state index contributed by atoms with van der Waals surface area (Å²) in [4.78, 5) is 14.6. The zero-order valence-electron chi connectivity index (χ0n) is 13.6. The van der Waals surface area contributed by atoms with Gasteiger partial charge < -0.3 is 0 Å². The Kier molecular flexibility index (Phi) is 4.36. The average Bonchev–Trinajstić information content (AvgIpc) is 2.77. The van der Waals surface area contributed by atoms with E-state index in [4.69, 9.17) is 0 Å². The van der Waals surface area contributed by atoms with Gasteiger partial charge in [-0.25, -0.2) is 0 Å². The zero-order valence-corrected chi connectivity index (χ0v) is 16.0. The summed E-state index contributed by atoms with van der Waals surface area (Å²) in [7, 11) is 0. The summed E-state index contributed by atoms with van der Waals surface area (Å²) in [6.07, 6.45) is 4.66. The molecule has 0 unspecified atom stereocenters. The van der Waals surface area contributed by atoms with Crippen molar-refractivity contribution in [1.82, 2.24) is 0 Å². The molecule has 2 fully saturated rings. The van der Waals surface area contributed by atoms with Crippen molar-refractivity contribution < 1.29 is 4.79 Å². The van der Waals surface area contributed by atoms with Gasteiger partial charge in [-0.1, -0.05) is 36.7 Å². The van der Waals surface area contributed by atoms with E-state index in [-0.39, 0.29) is 10.8 Å². The van der Waals surface area contributed by atoms with Crippen LogP contribution in [0.15, 0.2) is 28.7 Å². The number of anilines is 1. The summed E-state index contributed by atoms with van der Waals surface area (Å²) >= 11 is 5.34. The fraction of sp³-hybridized carbons (Fsp3) is 0.611. The van der Waals surface area contributed by atoms with Crippen LogP contribution >= 0.6 is 27.7 Å². The minimum absolute atomic E-state index is 0.00728. The van der Waals surface area contributed by atoms with E-state index in [9.17, 15) is 4.79 Å². The van der Waals surface area contributed by atoms with Gasteiger partial charge in [-0.05, 0) is 61.3 Å². The lowest BCUT2D eigenvalue weighted by Gasteiger charge is -2.45. The van der Waals surface area contributed by atoms with Crippen molar-refractivity contribution in [3.63, 3.8) is 0 Å². The van der Waals surface area contributed by atoms with Crippen LogP contribution in [0.5, 0.6) is 0 Å². The SMILES string of the molecule is CC(C)(C)C1CCC2(CC1)SCC(=O)N2c1ccc(Br)cc1. The molecule has 1 saturated heterocycles. The summed E-state index contributed by atoms with van der Waals surface area (Å²) in [6, 6.07) is 8.18. The molecule has 1 aromatic carbocycles. The van der Waals surface area contributed by atoms with Crippen molar-refractivity contribution in [2.24, 2.45) is 11.3 Å². The molecule has 22 heavy (non-hydrogen) atoms. The lowest BCUT2D eigenvalue weighted by Crippen LogP contribution is -2.48. The maximum atomic E-state index is 12.5. The molecule has 0 radical (unpaired) electrons. The number of nitrogens with zero attached hydrogens (tertiary/aromatic N) is 1. The van der Waals surface area contributed by atoms with E-state index in [1.165, 1.54) is 12.8 Å². The van der Waals surface area contributed by atoms with Gasteiger partial charge in [0.1, 0.15) is 0 Å². The fourth-order valence-corrected chi connectivity index (χ4v) is 5.47. The van der Waals surface area contributed by atoms with Crippen molar-refractivity contribution in [1.29, 1.82) is 0 Å². The second kappa shape index (κ2) is 5.86. The topological polar surface area (TPSA) is 20.3 Å². The van der Waals surface area contributed by atoms with Crippen LogP contribution in [0.4, 0.5) is 5.69 Å². The second-order valence-electron chi connectivity index (χ2n) is 7.58. The normalized spacial score (nSPS) is 29.4. The van der Waals surface area contributed by atoms with E-state index in [2.05, 4.69) is 53.7 Å². The smallest absolute Gasteiger partial charge is 0.238 e. The van der Waals surface area contributed by atoms with Crippen LogP contribution in [-0.4, -0.2) is 16.5 Å². The van der Waals surface area contributed by atoms with Crippen LogP contribution in [-0.2, 0) is 4.79 Å².